The van der Waals surface area contributed by atoms with E-state index in [2.05, 4.69) is 20.3 Å². The smallest absolute Gasteiger partial charge is 0.167 e. The third kappa shape index (κ3) is 4.57. The van der Waals surface area contributed by atoms with Crippen molar-refractivity contribution in [3.05, 3.63) is 78.4 Å². The maximum absolute atomic E-state index is 10.6. The van der Waals surface area contributed by atoms with Gasteiger partial charge in [0.05, 0.1) is 6.33 Å². The Hall–Kier alpha value is -3.57. The number of imidazole rings is 1. The number of ether oxygens (including phenoxy) is 2. The topological polar surface area (TPSA) is 141 Å². The minimum atomic E-state index is -1.14. The average molecular weight is 463 g/mol. The van der Waals surface area contributed by atoms with Gasteiger partial charge in [-0.3, -0.25) is 4.57 Å². The van der Waals surface area contributed by atoms with Crippen molar-refractivity contribution in [2.75, 3.05) is 12.3 Å². The van der Waals surface area contributed by atoms with Gasteiger partial charge < -0.3 is 30.7 Å². The second-order valence-electron chi connectivity index (χ2n) is 8.18. The van der Waals surface area contributed by atoms with E-state index in [1.165, 1.54) is 12.7 Å². The van der Waals surface area contributed by atoms with E-state index < -0.39 is 24.5 Å². The molecule has 1 aliphatic rings. The highest BCUT2D eigenvalue weighted by Gasteiger charge is 2.44. The van der Waals surface area contributed by atoms with Crippen LogP contribution in [0.4, 0.5) is 5.82 Å². The number of aromatic nitrogens is 4. The molecule has 0 radical (unpaired) electrons. The quantitative estimate of drug-likeness (QED) is 0.306. The number of anilines is 1. The largest absolute Gasteiger partial charge is 0.489 e. The third-order valence-corrected chi connectivity index (χ3v) is 5.84. The molecule has 0 saturated carbocycles. The molecule has 1 fully saturated rings. The molecule has 1 aliphatic heterocycles. The van der Waals surface area contributed by atoms with Gasteiger partial charge in [-0.1, -0.05) is 42.5 Å². The van der Waals surface area contributed by atoms with Crippen molar-refractivity contribution in [3.63, 3.8) is 0 Å². The van der Waals surface area contributed by atoms with Gasteiger partial charge in [0.15, 0.2) is 17.7 Å². The number of fused-ring (bicyclic) bond motifs is 1. The van der Waals surface area contributed by atoms with E-state index in [1.807, 2.05) is 54.6 Å². The molecule has 10 nitrogen and oxygen atoms in total. The maximum Gasteiger partial charge on any atom is 0.167 e. The fraction of sp³-hybridized carbons (Fsp3) is 0.292. The van der Waals surface area contributed by atoms with Gasteiger partial charge in [0, 0.05) is 13.1 Å². The first kappa shape index (κ1) is 22.2. The molecule has 176 valence electrons. The van der Waals surface area contributed by atoms with Crippen molar-refractivity contribution >= 4 is 17.0 Å². The van der Waals surface area contributed by atoms with E-state index in [9.17, 15) is 10.2 Å². The predicted octanol–water partition coefficient (Wildman–Crippen LogP) is 1.40. The molecular weight excluding hydrogens is 436 g/mol. The van der Waals surface area contributed by atoms with Crippen molar-refractivity contribution in [2.45, 2.75) is 37.7 Å². The van der Waals surface area contributed by atoms with Crippen LogP contribution in [0.3, 0.4) is 0 Å². The highest BCUT2D eigenvalue weighted by Crippen LogP contribution is 2.31. The van der Waals surface area contributed by atoms with Gasteiger partial charge >= 0.3 is 0 Å². The predicted molar refractivity (Wildman–Crippen MR) is 125 cm³/mol. The molecule has 2 aromatic heterocycles. The van der Waals surface area contributed by atoms with Crippen molar-refractivity contribution in [1.82, 2.24) is 24.8 Å². The summed E-state index contributed by atoms with van der Waals surface area (Å²) in [5.74, 6) is 1.04. The van der Waals surface area contributed by atoms with Crippen LogP contribution in [0.15, 0.2) is 67.3 Å². The van der Waals surface area contributed by atoms with Gasteiger partial charge in [-0.05, 0) is 23.3 Å². The molecule has 1 saturated heterocycles. The van der Waals surface area contributed by atoms with Crippen LogP contribution in [0, 0.1) is 0 Å². The Bertz CT molecular complexity index is 1230. The average Bonchev–Trinajstić information content (AvgIpc) is 3.41. The molecule has 0 amide bonds. The first-order valence-electron chi connectivity index (χ1n) is 11.0. The van der Waals surface area contributed by atoms with Crippen molar-refractivity contribution in [2.24, 2.45) is 0 Å². The second kappa shape index (κ2) is 9.74. The monoisotopic (exact) mass is 462 g/mol. The molecular formula is C24H26N6O4. The number of rotatable bonds is 8. The Morgan fingerprint density at radius 1 is 0.971 bits per heavy atom. The molecule has 0 spiro atoms. The van der Waals surface area contributed by atoms with E-state index in [0.29, 0.717) is 30.9 Å². The van der Waals surface area contributed by atoms with E-state index >= 15 is 0 Å². The molecule has 2 aromatic carbocycles. The van der Waals surface area contributed by atoms with Crippen LogP contribution in [-0.4, -0.2) is 54.6 Å². The number of nitrogens with zero attached hydrogens (tertiary/aromatic N) is 4. The molecule has 4 atom stereocenters. The Morgan fingerprint density at radius 3 is 2.56 bits per heavy atom. The van der Waals surface area contributed by atoms with Gasteiger partial charge in [-0.25, -0.2) is 15.0 Å². The zero-order chi connectivity index (χ0) is 23.5. The van der Waals surface area contributed by atoms with Gasteiger partial charge in [-0.2, -0.15) is 0 Å². The highest BCUT2D eigenvalue weighted by atomic mass is 16.6. The van der Waals surface area contributed by atoms with Crippen LogP contribution in [0.1, 0.15) is 17.4 Å². The number of hydrogen-bond acceptors (Lipinski definition) is 9. The van der Waals surface area contributed by atoms with E-state index in [4.69, 9.17) is 15.2 Å². The van der Waals surface area contributed by atoms with Gasteiger partial charge in [0.25, 0.3) is 0 Å². The lowest BCUT2D eigenvalue weighted by molar-refractivity contribution is -0.0342. The van der Waals surface area contributed by atoms with E-state index in [0.717, 1.165) is 16.9 Å². The van der Waals surface area contributed by atoms with Crippen LogP contribution in [0.5, 0.6) is 5.75 Å². The lowest BCUT2D eigenvalue weighted by Crippen LogP contribution is -2.37. The molecule has 4 aromatic rings. The van der Waals surface area contributed by atoms with E-state index in [1.54, 1.807) is 4.57 Å². The number of aliphatic hydroxyl groups is 2. The number of nitrogens with two attached hydrogens (primary N) is 1. The minimum Gasteiger partial charge on any atom is -0.489 e. The van der Waals surface area contributed by atoms with Gasteiger partial charge in [-0.15, -0.1) is 0 Å². The maximum atomic E-state index is 10.6. The molecule has 5 rings (SSSR count). The lowest BCUT2D eigenvalue weighted by atomic mass is 10.1. The molecule has 34 heavy (non-hydrogen) atoms. The Balaban J connectivity index is 1.14. The highest BCUT2D eigenvalue weighted by molar-refractivity contribution is 5.81. The normalized spacial score (nSPS) is 22.3. The molecule has 10 heteroatoms. The number of benzene rings is 2. The Kier molecular flexibility index (Phi) is 6.37. The second-order valence-corrected chi connectivity index (χ2v) is 8.18. The number of nitrogens with one attached hydrogen (secondary N) is 1. The summed E-state index contributed by atoms with van der Waals surface area (Å²) in [7, 11) is 0. The zero-order valence-electron chi connectivity index (χ0n) is 18.4. The first-order chi connectivity index (χ1) is 16.6. The van der Waals surface area contributed by atoms with Gasteiger partial charge in [0.2, 0.25) is 0 Å². The van der Waals surface area contributed by atoms with Crippen LogP contribution < -0.4 is 15.8 Å². The summed E-state index contributed by atoms with van der Waals surface area (Å²) in [6.45, 7) is 1.44. The van der Waals surface area contributed by atoms with E-state index in [-0.39, 0.29) is 5.82 Å². The lowest BCUT2D eigenvalue weighted by Gasteiger charge is -2.16. The molecule has 3 heterocycles. The Labute approximate surface area is 196 Å². The summed E-state index contributed by atoms with van der Waals surface area (Å²) in [5.41, 5.74) is 8.87. The Morgan fingerprint density at radius 2 is 1.76 bits per heavy atom. The molecule has 0 aliphatic carbocycles. The molecule has 0 unspecified atom stereocenters. The number of hydrogen-bond donors (Lipinski definition) is 4. The summed E-state index contributed by atoms with van der Waals surface area (Å²) < 4.78 is 13.3. The third-order valence-electron chi connectivity index (χ3n) is 5.84. The fourth-order valence-corrected chi connectivity index (χ4v) is 3.99. The van der Waals surface area contributed by atoms with Crippen LogP contribution in [0.25, 0.3) is 11.2 Å². The number of aliphatic hydroxyl groups excluding tert-OH is 2. The summed E-state index contributed by atoms with van der Waals surface area (Å²) in [4.78, 5) is 12.3. The molecule has 0 bridgehead atoms. The summed E-state index contributed by atoms with van der Waals surface area (Å²) in [6.07, 6.45) is -0.838. The zero-order valence-corrected chi connectivity index (χ0v) is 18.4. The van der Waals surface area contributed by atoms with Crippen molar-refractivity contribution in [3.8, 4) is 5.75 Å². The van der Waals surface area contributed by atoms with Crippen LogP contribution in [-0.2, 0) is 17.9 Å². The fourth-order valence-electron chi connectivity index (χ4n) is 3.99. The SMILES string of the molecule is Nc1ncnc2c1ncn2[C@@H]1O[C@H](CNCc2ccc(OCc3ccccc3)cc2)[C@@H](O)[C@H]1O. The summed E-state index contributed by atoms with van der Waals surface area (Å²) in [5, 5.41) is 24.4. The molecule has 5 N–H and O–H groups in total. The van der Waals surface area contributed by atoms with Gasteiger partial charge in [0.1, 0.15) is 42.5 Å². The summed E-state index contributed by atoms with van der Waals surface area (Å²) in [6, 6.07) is 17.8. The number of nitrogen functional groups attached to an aromatic ring is 1. The van der Waals surface area contributed by atoms with Crippen LogP contribution >= 0.6 is 0 Å². The first-order valence-corrected chi connectivity index (χ1v) is 11.0. The summed E-state index contributed by atoms with van der Waals surface area (Å²) >= 11 is 0. The van der Waals surface area contributed by atoms with Crippen LogP contribution in [0.2, 0.25) is 0 Å². The minimum absolute atomic E-state index is 0.242. The van der Waals surface area contributed by atoms with Crippen molar-refractivity contribution in [1.29, 1.82) is 0 Å². The standard InChI is InChI=1S/C24H26N6O4/c25-22-19-23(28-13-27-22)30(14-29-19)24-21(32)20(31)18(34-24)11-26-10-15-6-8-17(9-7-15)33-12-16-4-2-1-3-5-16/h1-9,13-14,18,20-21,24,26,31-32H,10-12H2,(H2,25,27,28)/t18-,20-,21-,24-/m1/s1. The van der Waals surface area contributed by atoms with Crippen molar-refractivity contribution < 1.29 is 19.7 Å².